The molecule has 5 heteroatoms. The first kappa shape index (κ1) is 12.9. The second-order valence-electron chi connectivity index (χ2n) is 4.69. The van der Waals surface area contributed by atoms with Crippen molar-refractivity contribution in [1.82, 2.24) is 9.13 Å². The lowest BCUT2D eigenvalue weighted by atomic mass is 10.3. The van der Waals surface area contributed by atoms with Crippen LogP contribution >= 0.6 is 0 Å². The molecule has 0 spiro atoms. The van der Waals surface area contributed by atoms with Crippen LogP contribution in [0.4, 0.5) is 0 Å². The van der Waals surface area contributed by atoms with Crippen molar-refractivity contribution in [3.8, 4) is 0 Å². The Labute approximate surface area is 105 Å². The molecular formula is C13H18N2O3. The summed E-state index contributed by atoms with van der Waals surface area (Å²) in [4.78, 5) is 12.3. The van der Waals surface area contributed by atoms with Crippen molar-refractivity contribution in [2.24, 2.45) is 0 Å². The molecule has 1 aromatic carbocycles. The number of benzene rings is 1. The Morgan fingerprint density at radius 2 is 1.39 bits per heavy atom. The minimum atomic E-state index is -0.589. The summed E-state index contributed by atoms with van der Waals surface area (Å²) in [5.41, 5.74) is 1.37. The molecule has 0 aliphatic carbocycles. The fourth-order valence-electron chi connectivity index (χ4n) is 2.15. The monoisotopic (exact) mass is 250 g/mol. The maximum Gasteiger partial charge on any atom is 0.329 e. The lowest BCUT2D eigenvalue weighted by molar-refractivity contribution is 0.167. The van der Waals surface area contributed by atoms with Crippen molar-refractivity contribution in [2.75, 3.05) is 0 Å². The molecule has 2 N–H and O–H groups in total. The lowest BCUT2D eigenvalue weighted by Crippen LogP contribution is -2.30. The Hall–Kier alpha value is -1.59. The van der Waals surface area contributed by atoms with E-state index in [0.717, 1.165) is 11.0 Å². The average Bonchev–Trinajstić information content (AvgIpc) is 2.54. The zero-order valence-corrected chi connectivity index (χ0v) is 10.6. The van der Waals surface area contributed by atoms with Crippen molar-refractivity contribution >= 4 is 11.0 Å². The smallest absolute Gasteiger partial charge is 0.329 e. The summed E-state index contributed by atoms with van der Waals surface area (Å²) in [6.45, 7) is 3.80. The number of fused-ring (bicyclic) bond motifs is 1. The number of aliphatic hydroxyl groups excluding tert-OH is 2. The van der Waals surface area contributed by atoms with Gasteiger partial charge in [-0.2, -0.15) is 0 Å². The number of rotatable bonds is 4. The van der Waals surface area contributed by atoms with Gasteiger partial charge in [-0.25, -0.2) is 4.79 Å². The van der Waals surface area contributed by atoms with Crippen LogP contribution in [0.1, 0.15) is 13.8 Å². The number of hydrogen-bond acceptors (Lipinski definition) is 3. The molecule has 0 saturated carbocycles. The van der Waals surface area contributed by atoms with Gasteiger partial charge in [0.05, 0.1) is 36.3 Å². The highest BCUT2D eigenvalue weighted by Gasteiger charge is 2.14. The number of hydrogen-bond donors (Lipinski definition) is 2. The Balaban J connectivity index is 2.63. The van der Waals surface area contributed by atoms with Crippen LogP contribution in [0.25, 0.3) is 11.0 Å². The van der Waals surface area contributed by atoms with E-state index in [1.165, 1.54) is 0 Å². The zero-order chi connectivity index (χ0) is 13.3. The summed E-state index contributed by atoms with van der Waals surface area (Å²) < 4.78 is 3.09. The normalized spacial score (nSPS) is 14.9. The molecule has 5 nitrogen and oxygen atoms in total. The number of imidazole rings is 1. The molecule has 18 heavy (non-hydrogen) atoms. The highest BCUT2D eigenvalue weighted by atomic mass is 16.3. The molecule has 0 aliphatic rings. The van der Waals surface area contributed by atoms with Gasteiger partial charge in [-0.15, -0.1) is 0 Å². The van der Waals surface area contributed by atoms with Crippen LogP contribution in [0.15, 0.2) is 29.1 Å². The first-order chi connectivity index (χ1) is 8.50. The van der Waals surface area contributed by atoms with Crippen molar-refractivity contribution in [3.05, 3.63) is 34.7 Å². The largest absolute Gasteiger partial charge is 0.392 e. The topological polar surface area (TPSA) is 67.4 Å². The van der Waals surface area contributed by atoms with Gasteiger partial charge in [0, 0.05) is 0 Å². The first-order valence-corrected chi connectivity index (χ1v) is 6.05. The Bertz CT molecular complexity index is 546. The van der Waals surface area contributed by atoms with Gasteiger partial charge < -0.3 is 10.2 Å². The maximum absolute atomic E-state index is 12.3. The van der Waals surface area contributed by atoms with Gasteiger partial charge >= 0.3 is 5.69 Å². The molecule has 2 atom stereocenters. The van der Waals surface area contributed by atoms with E-state index < -0.39 is 12.2 Å². The van der Waals surface area contributed by atoms with Gasteiger partial charge in [0.25, 0.3) is 0 Å². The van der Waals surface area contributed by atoms with Crippen molar-refractivity contribution < 1.29 is 10.2 Å². The maximum atomic E-state index is 12.3. The minimum absolute atomic E-state index is 0.196. The van der Waals surface area contributed by atoms with E-state index in [0.29, 0.717) is 0 Å². The molecule has 1 heterocycles. The molecule has 1 aromatic heterocycles. The Kier molecular flexibility index (Phi) is 3.54. The molecule has 0 fully saturated rings. The van der Waals surface area contributed by atoms with E-state index in [1.807, 2.05) is 24.3 Å². The SMILES string of the molecule is CC(O)Cn1c(=O)n(CC(C)O)c2ccccc21. The predicted molar refractivity (Wildman–Crippen MR) is 69.6 cm³/mol. The quantitative estimate of drug-likeness (QED) is 0.833. The van der Waals surface area contributed by atoms with E-state index in [4.69, 9.17) is 0 Å². The highest BCUT2D eigenvalue weighted by Crippen LogP contribution is 2.13. The first-order valence-electron chi connectivity index (χ1n) is 6.05. The Morgan fingerprint density at radius 3 is 1.72 bits per heavy atom. The molecule has 2 unspecified atom stereocenters. The van der Waals surface area contributed by atoms with Crippen LogP contribution in [0, 0.1) is 0 Å². The number of aromatic nitrogens is 2. The van der Waals surface area contributed by atoms with E-state index in [-0.39, 0.29) is 18.8 Å². The molecular weight excluding hydrogens is 232 g/mol. The Morgan fingerprint density at radius 1 is 1.00 bits per heavy atom. The van der Waals surface area contributed by atoms with Gasteiger partial charge in [-0.1, -0.05) is 12.1 Å². The molecule has 0 saturated heterocycles. The van der Waals surface area contributed by atoms with E-state index in [9.17, 15) is 15.0 Å². The van der Waals surface area contributed by atoms with Crippen LogP contribution in [-0.4, -0.2) is 31.6 Å². The highest BCUT2D eigenvalue weighted by molar-refractivity contribution is 5.76. The van der Waals surface area contributed by atoms with Crippen LogP contribution in [-0.2, 0) is 13.1 Å². The summed E-state index contributed by atoms with van der Waals surface area (Å²) in [5, 5.41) is 18.9. The summed E-state index contributed by atoms with van der Waals surface area (Å²) in [6, 6.07) is 7.40. The zero-order valence-electron chi connectivity index (χ0n) is 10.6. The van der Waals surface area contributed by atoms with Crippen LogP contribution in [0.2, 0.25) is 0 Å². The third kappa shape index (κ3) is 2.32. The van der Waals surface area contributed by atoms with Gasteiger partial charge in [0.15, 0.2) is 0 Å². The molecule has 2 aromatic rings. The second-order valence-corrected chi connectivity index (χ2v) is 4.69. The molecule has 0 amide bonds. The molecule has 0 bridgehead atoms. The van der Waals surface area contributed by atoms with Gasteiger partial charge in [-0.05, 0) is 26.0 Å². The summed E-state index contributed by atoms with van der Waals surface area (Å²) in [7, 11) is 0. The molecule has 2 rings (SSSR count). The minimum Gasteiger partial charge on any atom is -0.392 e. The molecule has 0 radical (unpaired) electrons. The summed E-state index contributed by atoms with van der Waals surface area (Å²) >= 11 is 0. The molecule has 98 valence electrons. The number of aliphatic hydroxyl groups is 2. The van der Waals surface area contributed by atoms with Crippen LogP contribution < -0.4 is 5.69 Å². The third-order valence-electron chi connectivity index (χ3n) is 2.82. The standard InChI is InChI=1S/C13H18N2O3/c1-9(16)7-14-11-5-3-4-6-12(11)15(13(14)18)8-10(2)17/h3-6,9-10,16-17H,7-8H2,1-2H3. The van der Waals surface area contributed by atoms with Crippen molar-refractivity contribution in [3.63, 3.8) is 0 Å². The average molecular weight is 250 g/mol. The predicted octanol–water partition coefficient (Wildman–Crippen LogP) is 0.565. The number of para-hydroxylation sites is 2. The summed E-state index contributed by atoms with van der Waals surface area (Å²) in [5.74, 6) is 0. The van der Waals surface area contributed by atoms with Crippen LogP contribution in [0.5, 0.6) is 0 Å². The lowest BCUT2D eigenvalue weighted by Gasteiger charge is -2.06. The third-order valence-corrected chi connectivity index (χ3v) is 2.82. The van der Waals surface area contributed by atoms with E-state index in [2.05, 4.69) is 0 Å². The second kappa shape index (κ2) is 4.96. The fourth-order valence-corrected chi connectivity index (χ4v) is 2.15. The van der Waals surface area contributed by atoms with Gasteiger partial charge in [0.1, 0.15) is 0 Å². The van der Waals surface area contributed by atoms with E-state index in [1.54, 1.807) is 23.0 Å². The summed E-state index contributed by atoms with van der Waals surface area (Å²) in [6.07, 6.45) is -1.18. The van der Waals surface area contributed by atoms with Crippen LogP contribution in [0.3, 0.4) is 0 Å². The van der Waals surface area contributed by atoms with Gasteiger partial charge in [0.2, 0.25) is 0 Å². The van der Waals surface area contributed by atoms with E-state index >= 15 is 0 Å². The molecule has 0 aliphatic heterocycles. The van der Waals surface area contributed by atoms with Crippen molar-refractivity contribution in [1.29, 1.82) is 0 Å². The fraction of sp³-hybridized carbons (Fsp3) is 0.462. The van der Waals surface area contributed by atoms with Gasteiger partial charge in [-0.3, -0.25) is 9.13 Å². The number of nitrogens with zero attached hydrogens (tertiary/aromatic N) is 2. The van der Waals surface area contributed by atoms with Crippen molar-refractivity contribution in [2.45, 2.75) is 39.1 Å².